The van der Waals surface area contributed by atoms with Crippen molar-refractivity contribution in [2.75, 3.05) is 0 Å². The lowest BCUT2D eigenvalue weighted by atomic mass is 9.95. The normalized spacial score (nSPS) is 11.9. The molecule has 2 aromatic heterocycles. The van der Waals surface area contributed by atoms with Crippen LogP contribution in [0.3, 0.4) is 0 Å². The average Bonchev–Trinajstić information content (AvgIpc) is 3.24. The molecule has 0 aliphatic carbocycles. The number of aromatic nitrogens is 1. The largest absolute Gasteiger partial charge is 0.455 e. The third kappa shape index (κ3) is 3.86. The van der Waals surface area contributed by atoms with E-state index in [2.05, 4.69) is 118 Å². The van der Waals surface area contributed by atoms with Gasteiger partial charge in [-0.25, -0.2) is 0 Å². The van der Waals surface area contributed by atoms with Gasteiger partial charge in [0.05, 0.1) is 13.8 Å². The molecule has 6 rings (SSSR count). The molecule has 0 amide bonds. The summed E-state index contributed by atoms with van der Waals surface area (Å²) in [5.41, 5.74) is 7.50. The summed E-state index contributed by atoms with van der Waals surface area (Å²) in [6, 6.07) is 34.4. The predicted octanol–water partition coefficient (Wildman–Crippen LogP) is 8.84. The molecule has 0 unspecified atom stereocenters. The van der Waals surface area contributed by atoms with E-state index in [1.807, 2.05) is 12.3 Å². The van der Waals surface area contributed by atoms with Crippen LogP contribution in [0.1, 0.15) is 5.56 Å². The second-order valence-corrected chi connectivity index (χ2v) is 15.6. The number of aryl methyl sites for hydroxylation is 1. The van der Waals surface area contributed by atoms with E-state index < -0.39 is 8.07 Å². The number of furan rings is 1. The van der Waals surface area contributed by atoms with Crippen LogP contribution >= 0.6 is 0 Å². The molecule has 0 N–H and O–H groups in total. The van der Waals surface area contributed by atoms with Crippen LogP contribution in [0, 0.1) is 6.92 Å². The first-order valence-corrected chi connectivity index (χ1v) is 16.0. The molecule has 36 heavy (non-hydrogen) atoms. The molecule has 3 heteroatoms. The van der Waals surface area contributed by atoms with Gasteiger partial charge in [-0.2, -0.15) is 0 Å². The standard InChI is InChI=1S/C33H29NOSi/c1-22-29-20-26(31-28-16-15-27(36(2,3)4)19-25(28)17-18-34-31)21-30(23-11-7-5-8-12-23)33(29)35-32(22)24-13-9-6-10-14-24/h5-21H,1-4H3. The molecule has 2 heterocycles. The number of benzene rings is 4. The van der Waals surface area contributed by atoms with Gasteiger partial charge in [0.25, 0.3) is 0 Å². The van der Waals surface area contributed by atoms with Crippen molar-refractivity contribution in [1.82, 2.24) is 4.98 Å². The van der Waals surface area contributed by atoms with E-state index in [0.29, 0.717) is 0 Å². The van der Waals surface area contributed by atoms with Gasteiger partial charge < -0.3 is 4.42 Å². The zero-order valence-electron chi connectivity index (χ0n) is 21.2. The van der Waals surface area contributed by atoms with Gasteiger partial charge in [0.2, 0.25) is 0 Å². The van der Waals surface area contributed by atoms with Gasteiger partial charge >= 0.3 is 0 Å². The summed E-state index contributed by atoms with van der Waals surface area (Å²) in [7, 11) is -1.41. The maximum absolute atomic E-state index is 6.59. The molecule has 6 aromatic rings. The number of hydrogen-bond donors (Lipinski definition) is 0. The van der Waals surface area contributed by atoms with E-state index in [4.69, 9.17) is 9.40 Å². The Morgan fingerprint density at radius 3 is 2.06 bits per heavy atom. The van der Waals surface area contributed by atoms with Crippen LogP contribution in [0.5, 0.6) is 0 Å². The minimum Gasteiger partial charge on any atom is -0.455 e. The van der Waals surface area contributed by atoms with Crippen molar-refractivity contribution in [3.63, 3.8) is 0 Å². The Morgan fingerprint density at radius 1 is 0.667 bits per heavy atom. The van der Waals surface area contributed by atoms with Crippen molar-refractivity contribution >= 4 is 35.0 Å². The lowest BCUT2D eigenvalue weighted by Crippen LogP contribution is -2.37. The van der Waals surface area contributed by atoms with Gasteiger partial charge in [-0.3, -0.25) is 4.98 Å². The fourth-order valence-corrected chi connectivity index (χ4v) is 6.20. The Labute approximate surface area is 213 Å². The molecule has 0 radical (unpaired) electrons. The molecular formula is C33H29NOSi. The number of rotatable bonds is 4. The third-order valence-electron chi connectivity index (χ3n) is 7.06. The molecule has 0 fully saturated rings. The molecular weight excluding hydrogens is 454 g/mol. The lowest BCUT2D eigenvalue weighted by molar-refractivity contribution is 0.630. The van der Waals surface area contributed by atoms with Crippen molar-refractivity contribution in [1.29, 1.82) is 0 Å². The summed E-state index contributed by atoms with van der Waals surface area (Å²) in [6.07, 6.45) is 1.94. The lowest BCUT2D eigenvalue weighted by Gasteiger charge is -2.18. The van der Waals surface area contributed by atoms with Gasteiger partial charge in [0.15, 0.2) is 0 Å². The van der Waals surface area contributed by atoms with Crippen LogP contribution in [0.2, 0.25) is 19.6 Å². The summed E-state index contributed by atoms with van der Waals surface area (Å²) in [4.78, 5) is 4.89. The van der Waals surface area contributed by atoms with Crippen LogP contribution in [0.15, 0.2) is 108 Å². The molecule has 0 bridgehead atoms. The van der Waals surface area contributed by atoms with Crippen LogP contribution in [0.25, 0.3) is 55.4 Å². The van der Waals surface area contributed by atoms with Crippen molar-refractivity contribution < 1.29 is 4.42 Å². The minimum absolute atomic E-state index is 0.919. The highest BCUT2D eigenvalue weighted by atomic mass is 28.3. The number of fused-ring (bicyclic) bond motifs is 2. The Hall–Kier alpha value is -3.95. The Balaban J connectivity index is 1.63. The zero-order valence-corrected chi connectivity index (χ0v) is 22.2. The van der Waals surface area contributed by atoms with E-state index in [0.717, 1.165) is 50.2 Å². The van der Waals surface area contributed by atoms with Crippen molar-refractivity contribution in [3.05, 3.63) is 109 Å². The van der Waals surface area contributed by atoms with E-state index in [1.54, 1.807) is 0 Å². The Bertz CT molecular complexity index is 1710. The topological polar surface area (TPSA) is 26.0 Å². The molecule has 0 saturated carbocycles. The predicted molar refractivity (Wildman–Crippen MR) is 156 cm³/mol. The number of hydrogen-bond acceptors (Lipinski definition) is 2. The van der Waals surface area contributed by atoms with Crippen molar-refractivity contribution in [2.45, 2.75) is 26.6 Å². The highest BCUT2D eigenvalue weighted by Gasteiger charge is 2.20. The molecule has 0 saturated heterocycles. The zero-order chi connectivity index (χ0) is 24.9. The molecule has 176 valence electrons. The smallest absolute Gasteiger partial charge is 0.142 e. The van der Waals surface area contributed by atoms with E-state index in [1.165, 1.54) is 16.0 Å². The third-order valence-corrected chi connectivity index (χ3v) is 9.11. The highest BCUT2D eigenvalue weighted by molar-refractivity contribution is 6.88. The molecule has 0 aliphatic rings. The number of pyridine rings is 1. The minimum atomic E-state index is -1.41. The molecule has 2 nitrogen and oxygen atoms in total. The highest BCUT2D eigenvalue weighted by Crippen LogP contribution is 2.41. The molecule has 0 atom stereocenters. The van der Waals surface area contributed by atoms with Crippen LogP contribution in [-0.4, -0.2) is 13.1 Å². The van der Waals surface area contributed by atoms with E-state index in [-0.39, 0.29) is 0 Å². The van der Waals surface area contributed by atoms with Crippen LogP contribution in [0.4, 0.5) is 0 Å². The SMILES string of the molecule is Cc1c(-c2ccccc2)oc2c(-c3ccccc3)cc(-c3nccc4cc([Si](C)(C)C)ccc34)cc12. The fraction of sp³-hybridized carbons (Fsp3) is 0.121. The van der Waals surface area contributed by atoms with Crippen molar-refractivity contribution in [2.24, 2.45) is 0 Å². The molecule has 4 aromatic carbocycles. The van der Waals surface area contributed by atoms with Gasteiger partial charge in [0, 0.05) is 39.2 Å². The summed E-state index contributed by atoms with van der Waals surface area (Å²) < 4.78 is 6.59. The fourth-order valence-electron chi connectivity index (χ4n) is 5.03. The summed E-state index contributed by atoms with van der Waals surface area (Å²) in [6.45, 7) is 9.33. The van der Waals surface area contributed by atoms with Crippen molar-refractivity contribution in [3.8, 4) is 33.7 Å². The molecule has 0 aliphatic heterocycles. The van der Waals surface area contributed by atoms with E-state index >= 15 is 0 Å². The second-order valence-electron chi connectivity index (χ2n) is 10.5. The molecule has 0 spiro atoms. The van der Waals surface area contributed by atoms with Crippen LogP contribution in [-0.2, 0) is 0 Å². The average molecular weight is 484 g/mol. The van der Waals surface area contributed by atoms with Gasteiger partial charge in [-0.1, -0.05) is 104 Å². The second kappa shape index (κ2) is 8.61. The maximum atomic E-state index is 6.59. The first-order valence-electron chi connectivity index (χ1n) is 12.5. The van der Waals surface area contributed by atoms with Crippen LogP contribution < -0.4 is 5.19 Å². The maximum Gasteiger partial charge on any atom is 0.142 e. The Kier molecular flexibility index (Phi) is 5.38. The summed E-state index contributed by atoms with van der Waals surface area (Å²) in [5.74, 6) is 0.922. The monoisotopic (exact) mass is 483 g/mol. The quantitative estimate of drug-likeness (QED) is 0.234. The first kappa shape index (κ1) is 22.5. The van der Waals surface area contributed by atoms with Gasteiger partial charge in [0.1, 0.15) is 11.3 Å². The summed E-state index contributed by atoms with van der Waals surface area (Å²) >= 11 is 0. The Morgan fingerprint density at radius 2 is 1.36 bits per heavy atom. The number of nitrogens with zero attached hydrogens (tertiary/aromatic N) is 1. The first-order chi connectivity index (χ1) is 17.4. The summed E-state index contributed by atoms with van der Waals surface area (Å²) in [5, 5.41) is 5.02. The van der Waals surface area contributed by atoms with Gasteiger partial charge in [-0.05, 0) is 36.1 Å². The van der Waals surface area contributed by atoms with Gasteiger partial charge in [-0.15, -0.1) is 0 Å². The van der Waals surface area contributed by atoms with E-state index in [9.17, 15) is 0 Å².